The Morgan fingerprint density at radius 1 is 0.882 bits per heavy atom. The van der Waals surface area contributed by atoms with Gasteiger partial charge in [-0.15, -0.1) is 0 Å². The highest BCUT2D eigenvalue weighted by atomic mass is 79.9. The molecule has 0 aromatic heterocycles. The average Bonchev–Trinajstić information content (AvgIpc) is 2.85. The van der Waals surface area contributed by atoms with Crippen LogP contribution in [0, 0.1) is 0 Å². The van der Waals surface area contributed by atoms with E-state index in [4.69, 9.17) is 9.47 Å². The van der Waals surface area contributed by atoms with Gasteiger partial charge in [0.25, 0.3) is 5.91 Å². The van der Waals surface area contributed by atoms with Crippen molar-refractivity contribution in [2.75, 3.05) is 0 Å². The molecule has 4 aromatic rings. The van der Waals surface area contributed by atoms with Crippen molar-refractivity contribution in [2.45, 2.75) is 13.0 Å². The van der Waals surface area contributed by atoms with Gasteiger partial charge in [-0.2, -0.15) is 5.10 Å². The van der Waals surface area contributed by atoms with E-state index in [1.807, 2.05) is 42.5 Å². The van der Waals surface area contributed by atoms with Gasteiger partial charge in [-0.05, 0) is 83.9 Å². The van der Waals surface area contributed by atoms with E-state index in [1.165, 1.54) is 6.21 Å². The van der Waals surface area contributed by atoms with E-state index in [0.717, 1.165) is 20.8 Å². The molecular weight excluding hydrogens is 496 g/mol. The number of nitrogens with zero attached hydrogens (tertiary/aromatic N) is 1. The fourth-order valence-electron chi connectivity index (χ4n) is 3.13. The first kappa shape index (κ1) is 23.2. The molecule has 0 bridgehead atoms. The zero-order valence-electron chi connectivity index (χ0n) is 18.3. The third-order valence-corrected chi connectivity index (χ3v) is 5.49. The van der Waals surface area contributed by atoms with Gasteiger partial charge in [0.05, 0.1) is 11.8 Å². The quantitative estimate of drug-likeness (QED) is 0.147. The number of ether oxygens (including phenoxy) is 2. The van der Waals surface area contributed by atoms with Crippen LogP contribution in [0.1, 0.15) is 22.8 Å². The number of amides is 1. The summed E-state index contributed by atoms with van der Waals surface area (Å²) in [5, 5.41) is 6.12. The van der Waals surface area contributed by atoms with Crippen molar-refractivity contribution in [3.05, 3.63) is 107 Å². The normalized spacial score (nSPS) is 11.8. The lowest BCUT2D eigenvalue weighted by molar-refractivity contribution is -0.127. The van der Waals surface area contributed by atoms with Crippen LogP contribution in [0.3, 0.4) is 0 Å². The van der Waals surface area contributed by atoms with E-state index in [9.17, 15) is 9.59 Å². The summed E-state index contributed by atoms with van der Waals surface area (Å²) in [4.78, 5) is 24.5. The lowest BCUT2D eigenvalue weighted by atomic mass is 10.1. The Labute approximate surface area is 205 Å². The van der Waals surface area contributed by atoms with Gasteiger partial charge in [0.2, 0.25) is 0 Å². The minimum absolute atomic E-state index is 0.371. The molecular formula is C27H21BrN2O4. The lowest BCUT2D eigenvalue weighted by Crippen LogP contribution is -2.33. The summed E-state index contributed by atoms with van der Waals surface area (Å²) in [5.41, 5.74) is 3.66. The molecule has 0 saturated carbocycles. The van der Waals surface area contributed by atoms with Crippen molar-refractivity contribution in [1.29, 1.82) is 0 Å². The molecule has 4 aromatic carbocycles. The van der Waals surface area contributed by atoms with E-state index >= 15 is 0 Å². The third kappa shape index (κ3) is 6.08. The van der Waals surface area contributed by atoms with Crippen LogP contribution in [-0.4, -0.2) is 24.2 Å². The van der Waals surface area contributed by atoms with E-state index < -0.39 is 12.1 Å². The molecule has 6 nitrogen and oxygen atoms in total. The molecule has 1 atom stereocenters. The number of carbonyl (C=O) groups excluding carboxylic acids is 2. The summed E-state index contributed by atoms with van der Waals surface area (Å²) in [5.74, 6) is 0.205. The first-order valence-corrected chi connectivity index (χ1v) is 11.3. The van der Waals surface area contributed by atoms with Crippen molar-refractivity contribution in [1.82, 2.24) is 5.43 Å². The molecule has 4 rings (SSSR count). The largest absolute Gasteiger partial charge is 0.481 e. The molecule has 1 unspecified atom stereocenters. The van der Waals surface area contributed by atoms with E-state index in [-0.39, 0.29) is 5.91 Å². The van der Waals surface area contributed by atoms with Crippen LogP contribution in [0.4, 0.5) is 0 Å². The second-order valence-electron chi connectivity index (χ2n) is 7.47. The van der Waals surface area contributed by atoms with Gasteiger partial charge in [-0.1, -0.05) is 46.3 Å². The number of benzene rings is 4. The third-order valence-electron chi connectivity index (χ3n) is 4.96. The van der Waals surface area contributed by atoms with Crippen molar-refractivity contribution >= 4 is 44.8 Å². The summed E-state index contributed by atoms with van der Waals surface area (Å²) in [6.07, 6.45) is 0.778. The molecule has 0 saturated heterocycles. The second kappa shape index (κ2) is 10.8. The first-order valence-electron chi connectivity index (χ1n) is 10.5. The highest BCUT2D eigenvalue weighted by Crippen LogP contribution is 2.21. The van der Waals surface area contributed by atoms with Gasteiger partial charge in [0, 0.05) is 4.47 Å². The Hall–Kier alpha value is -3.97. The smallest absolute Gasteiger partial charge is 0.343 e. The van der Waals surface area contributed by atoms with Crippen LogP contribution in [0.15, 0.2) is 101 Å². The van der Waals surface area contributed by atoms with Gasteiger partial charge in [-0.3, -0.25) is 4.79 Å². The van der Waals surface area contributed by atoms with Crippen LogP contribution >= 0.6 is 15.9 Å². The maximum Gasteiger partial charge on any atom is 0.343 e. The fraction of sp³-hybridized carbons (Fsp3) is 0.0741. The SMILES string of the molecule is CC(Oc1ccc2ccccc2c1)C(=O)NN=Cc1ccc(OC(=O)c2ccc(Br)cc2)cc1. The maximum absolute atomic E-state index is 12.3. The summed E-state index contributed by atoms with van der Waals surface area (Å²) >= 11 is 3.33. The molecule has 1 amide bonds. The van der Waals surface area contributed by atoms with Crippen molar-refractivity contribution < 1.29 is 19.1 Å². The number of hydrogen-bond acceptors (Lipinski definition) is 5. The van der Waals surface area contributed by atoms with Crippen molar-refractivity contribution in [2.24, 2.45) is 5.10 Å². The summed E-state index contributed by atoms with van der Waals surface area (Å²) in [7, 11) is 0. The Kier molecular flexibility index (Phi) is 7.34. The van der Waals surface area contributed by atoms with Gasteiger partial charge < -0.3 is 9.47 Å². The molecule has 0 aliphatic carbocycles. The van der Waals surface area contributed by atoms with Crippen LogP contribution < -0.4 is 14.9 Å². The minimum atomic E-state index is -0.723. The van der Waals surface area contributed by atoms with Crippen molar-refractivity contribution in [3.63, 3.8) is 0 Å². The Balaban J connectivity index is 1.28. The van der Waals surface area contributed by atoms with Gasteiger partial charge >= 0.3 is 5.97 Å². The number of carbonyl (C=O) groups is 2. The topological polar surface area (TPSA) is 77.0 Å². The number of halogens is 1. The Bertz CT molecular complexity index is 1340. The average molecular weight is 517 g/mol. The van der Waals surface area contributed by atoms with Crippen molar-refractivity contribution in [3.8, 4) is 11.5 Å². The zero-order valence-corrected chi connectivity index (χ0v) is 19.9. The Morgan fingerprint density at radius 3 is 2.29 bits per heavy atom. The number of fused-ring (bicyclic) bond motifs is 1. The zero-order chi connectivity index (χ0) is 23.9. The molecule has 0 radical (unpaired) electrons. The molecule has 0 heterocycles. The number of rotatable bonds is 7. The van der Waals surface area contributed by atoms with E-state index in [0.29, 0.717) is 17.1 Å². The van der Waals surface area contributed by atoms with Gasteiger partial charge in [0.15, 0.2) is 6.10 Å². The highest BCUT2D eigenvalue weighted by molar-refractivity contribution is 9.10. The second-order valence-corrected chi connectivity index (χ2v) is 8.38. The molecule has 0 spiro atoms. The first-order chi connectivity index (χ1) is 16.5. The molecule has 0 aliphatic rings. The van der Waals surface area contributed by atoms with Gasteiger partial charge in [0.1, 0.15) is 11.5 Å². The fourth-order valence-corrected chi connectivity index (χ4v) is 3.40. The van der Waals surface area contributed by atoms with Gasteiger partial charge in [-0.25, -0.2) is 10.2 Å². The molecule has 1 N–H and O–H groups in total. The predicted octanol–water partition coefficient (Wildman–Crippen LogP) is 5.74. The van der Waals surface area contributed by atoms with Crippen LogP contribution in [0.2, 0.25) is 0 Å². The highest BCUT2D eigenvalue weighted by Gasteiger charge is 2.14. The monoisotopic (exact) mass is 516 g/mol. The summed E-state index contributed by atoms with van der Waals surface area (Å²) in [6.45, 7) is 1.66. The van der Waals surface area contributed by atoms with Crippen LogP contribution in [0.5, 0.6) is 11.5 Å². The minimum Gasteiger partial charge on any atom is -0.481 e. The Morgan fingerprint density at radius 2 is 1.56 bits per heavy atom. The number of hydrogen-bond donors (Lipinski definition) is 1. The molecule has 170 valence electrons. The van der Waals surface area contributed by atoms with Crippen LogP contribution in [-0.2, 0) is 4.79 Å². The maximum atomic E-state index is 12.3. The lowest BCUT2D eigenvalue weighted by Gasteiger charge is -2.13. The number of nitrogens with one attached hydrogen (secondary N) is 1. The van der Waals surface area contributed by atoms with E-state index in [1.54, 1.807) is 55.5 Å². The standard InChI is InChI=1S/C27H21BrN2O4/c1-18(33-25-15-10-20-4-2-3-5-22(20)16-25)26(31)30-29-17-19-6-13-24(14-7-19)34-27(32)21-8-11-23(28)12-9-21/h2-18H,1H3,(H,30,31). The number of hydrazone groups is 1. The molecule has 34 heavy (non-hydrogen) atoms. The summed E-state index contributed by atoms with van der Waals surface area (Å²) in [6, 6.07) is 27.3. The van der Waals surface area contributed by atoms with Crippen LogP contribution in [0.25, 0.3) is 10.8 Å². The van der Waals surface area contributed by atoms with E-state index in [2.05, 4.69) is 26.5 Å². The summed E-state index contributed by atoms with van der Waals surface area (Å²) < 4.78 is 12.0. The molecule has 0 fully saturated rings. The number of esters is 1. The molecule has 7 heteroatoms. The molecule has 0 aliphatic heterocycles. The predicted molar refractivity (Wildman–Crippen MR) is 135 cm³/mol.